The predicted molar refractivity (Wildman–Crippen MR) is 82.1 cm³/mol. The van der Waals surface area contributed by atoms with Crippen molar-refractivity contribution < 1.29 is 14.4 Å². The summed E-state index contributed by atoms with van der Waals surface area (Å²) in [5, 5.41) is 2.65. The van der Waals surface area contributed by atoms with Crippen LogP contribution in [-0.2, 0) is 20.8 Å². The Kier molecular flexibility index (Phi) is 5.52. The maximum absolute atomic E-state index is 12.0. The molecule has 1 aliphatic rings. The minimum atomic E-state index is -0.163. The lowest BCUT2D eigenvalue weighted by molar-refractivity contribution is -0.135. The van der Waals surface area contributed by atoms with Crippen LogP contribution in [-0.4, -0.2) is 60.7 Å². The van der Waals surface area contributed by atoms with Gasteiger partial charge in [0.2, 0.25) is 18.2 Å². The van der Waals surface area contributed by atoms with Gasteiger partial charge in [0.1, 0.15) is 0 Å². The molecule has 2 rings (SSSR count). The van der Waals surface area contributed by atoms with Crippen LogP contribution < -0.4 is 5.32 Å². The van der Waals surface area contributed by atoms with E-state index in [1.807, 2.05) is 31.2 Å². The molecule has 0 atom stereocenters. The van der Waals surface area contributed by atoms with Gasteiger partial charge >= 0.3 is 0 Å². The van der Waals surface area contributed by atoms with E-state index in [0.717, 1.165) is 17.5 Å². The fourth-order valence-corrected chi connectivity index (χ4v) is 2.32. The van der Waals surface area contributed by atoms with Crippen LogP contribution in [0.25, 0.3) is 0 Å². The monoisotopic (exact) mass is 303 g/mol. The summed E-state index contributed by atoms with van der Waals surface area (Å²) >= 11 is 0. The normalized spacial score (nSPS) is 14.6. The van der Waals surface area contributed by atoms with E-state index in [9.17, 15) is 14.4 Å². The standard InChI is InChI=1S/C16H21N3O3/c1-13-2-4-14(5-3-13)10-15(21)17-11-16(22)19-8-6-18(12-20)7-9-19/h2-5,12H,6-11H2,1H3,(H,17,21). The molecule has 118 valence electrons. The van der Waals surface area contributed by atoms with Gasteiger partial charge in [0, 0.05) is 26.2 Å². The van der Waals surface area contributed by atoms with E-state index in [2.05, 4.69) is 5.32 Å². The molecular formula is C16H21N3O3. The Labute approximate surface area is 130 Å². The lowest BCUT2D eigenvalue weighted by atomic mass is 10.1. The zero-order valence-electron chi connectivity index (χ0n) is 12.7. The Morgan fingerprint density at radius 3 is 2.36 bits per heavy atom. The van der Waals surface area contributed by atoms with E-state index in [1.165, 1.54) is 0 Å². The molecule has 0 bridgehead atoms. The van der Waals surface area contributed by atoms with E-state index in [4.69, 9.17) is 0 Å². The number of hydrogen-bond acceptors (Lipinski definition) is 3. The molecule has 3 amide bonds. The van der Waals surface area contributed by atoms with E-state index in [-0.39, 0.29) is 24.8 Å². The molecule has 0 unspecified atom stereocenters. The lowest BCUT2D eigenvalue weighted by Gasteiger charge is -2.32. The average molecular weight is 303 g/mol. The zero-order valence-corrected chi connectivity index (χ0v) is 12.7. The van der Waals surface area contributed by atoms with Crippen LogP contribution in [0.15, 0.2) is 24.3 Å². The second-order valence-corrected chi connectivity index (χ2v) is 5.46. The highest BCUT2D eigenvalue weighted by Gasteiger charge is 2.20. The van der Waals surface area contributed by atoms with Crippen LogP contribution in [0.5, 0.6) is 0 Å². The number of aryl methyl sites for hydroxylation is 1. The first kappa shape index (κ1) is 16.0. The van der Waals surface area contributed by atoms with Crippen molar-refractivity contribution in [2.75, 3.05) is 32.7 Å². The smallest absolute Gasteiger partial charge is 0.242 e. The van der Waals surface area contributed by atoms with E-state index < -0.39 is 0 Å². The van der Waals surface area contributed by atoms with Crippen LogP contribution >= 0.6 is 0 Å². The van der Waals surface area contributed by atoms with Crippen LogP contribution in [0.2, 0.25) is 0 Å². The highest BCUT2D eigenvalue weighted by Crippen LogP contribution is 2.04. The van der Waals surface area contributed by atoms with Crippen molar-refractivity contribution in [1.29, 1.82) is 0 Å². The van der Waals surface area contributed by atoms with Gasteiger partial charge in [-0.1, -0.05) is 29.8 Å². The molecule has 0 aromatic heterocycles. The van der Waals surface area contributed by atoms with Crippen LogP contribution in [0, 0.1) is 6.92 Å². The summed E-state index contributed by atoms with van der Waals surface area (Å²) < 4.78 is 0. The topological polar surface area (TPSA) is 69.7 Å². The van der Waals surface area contributed by atoms with Crippen molar-refractivity contribution in [1.82, 2.24) is 15.1 Å². The fourth-order valence-electron chi connectivity index (χ4n) is 2.32. The number of hydrogen-bond donors (Lipinski definition) is 1. The molecule has 22 heavy (non-hydrogen) atoms. The molecule has 6 heteroatoms. The zero-order chi connectivity index (χ0) is 15.9. The Morgan fingerprint density at radius 1 is 1.14 bits per heavy atom. The van der Waals surface area contributed by atoms with Crippen LogP contribution in [0.3, 0.4) is 0 Å². The number of carbonyl (C=O) groups excluding carboxylic acids is 3. The molecule has 0 saturated carbocycles. The first-order valence-corrected chi connectivity index (χ1v) is 7.38. The van der Waals surface area contributed by atoms with Crippen molar-refractivity contribution in [2.24, 2.45) is 0 Å². The summed E-state index contributed by atoms with van der Waals surface area (Å²) in [6.45, 7) is 4.13. The predicted octanol–water partition coefficient (Wildman–Crippen LogP) is -0.0457. The fraction of sp³-hybridized carbons (Fsp3) is 0.438. The summed E-state index contributed by atoms with van der Waals surface area (Å²) in [6.07, 6.45) is 1.07. The second-order valence-electron chi connectivity index (χ2n) is 5.46. The minimum Gasteiger partial charge on any atom is -0.347 e. The Morgan fingerprint density at radius 2 is 1.77 bits per heavy atom. The molecule has 1 aromatic carbocycles. The number of nitrogens with zero attached hydrogens (tertiary/aromatic N) is 2. The van der Waals surface area contributed by atoms with Gasteiger partial charge in [0.25, 0.3) is 0 Å². The SMILES string of the molecule is Cc1ccc(CC(=O)NCC(=O)N2CCN(C=O)CC2)cc1. The molecule has 1 heterocycles. The van der Waals surface area contributed by atoms with Gasteiger partial charge in [-0.15, -0.1) is 0 Å². The van der Waals surface area contributed by atoms with Gasteiger partial charge in [-0.05, 0) is 12.5 Å². The summed E-state index contributed by atoms with van der Waals surface area (Å²) in [4.78, 5) is 37.8. The molecule has 1 aromatic rings. The maximum atomic E-state index is 12.0. The van der Waals surface area contributed by atoms with Crippen molar-refractivity contribution in [3.05, 3.63) is 35.4 Å². The number of rotatable bonds is 5. The van der Waals surface area contributed by atoms with Gasteiger partial charge in [0.15, 0.2) is 0 Å². The number of piperazine rings is 1. The molecule has 0 spiro atoms. The number of carbonyl (C=O) groups is 3. The third kappa shape index (κ3) is 4.58. The van der Waals surface area contributed by atoms with Gasteiger partial charge in [-0.3, -0.25) is 14.4 Å². The van der Waals surface area contributed by atoms with Gasteiger partial charge in [0.05, 0.1) is 13.0 Å². The summed E-state index contributed by atoms with van der Waals surface area (Å²) in [7, 11) is 0. The van der Waals surface area contributed by atoms with E-state index >= 15 is 0 Å². The van der Waals surface area contributed by atoms with E-state index in [1.54, 1.807) is 9.80 Å². The number of nitrogens with one attached hydrogen (secondary N) is 1. The largest absolute Gasteiger partial charge is 0.347 e. The second kappa shape index (κ2) is 7.59. The quantitative estimate of drug-likeness (QED) is 0.776. The van der Waals surface area contributed by atoms with Gasteiger partial charge in [-0.25, -0.2) is 0 Å². The molecule has 0 aliphatic carbocycles. The maximum Gasteiger partial charge on any atom is 0.242 e. The van der Waals surface area contributed by atoms with Crippen LogP contribution in [0.1, 0.15) is 11.1 Å². The third-order valence-corrected chi connectivity index (χ3v) is 3.74. The molecule has 1 saturated heterocycles. The number of benzene rings is 1. The Bertz CT molecular complexity index is 534. The van der Waals surface area contributed by atoms with E-state index in [0.29, 0.717) is 26.2 Å². The Hall–Kier alpha value is -2.37. The van der Waals surface area contributed by atoms with Crippen molar-refractivity contribution in [3.63, 3.8) is 0 Å². The molecule has 1 N–H and O–H groups in total. The van der Waals surface area contributed by atoms with Crippen molar-refractivity contribution in [2.45, 2.75) is 13.3 Å². The first-order valence-electron chi connectivity index (χ1n) is 7.38. The van der Waals surface area contributed by atoms with Gasteiger partial charge < -0.3 is 15.1 Å². The summed E-state index contributed by atoms with van der Waals surface area (Å²) in [5.74, 6) is -0.272. The molecule has 0 radical (unpaired) electrons. The average Bonchev–Trinajstić information content (AvgIpc) is 2.55. The molecule has 1 fully saturated rings. The van der Waals surface area contributed by atoms with Crippen molar-refractivity contribution in [3.8, 4) is 0 Å². The molecule has 1 aliphatic heterocycles. The minimum absolute atomic E-state index is 0.00574. The molecule has 6 nitrogen and oxygen atoms in total. The highest BCUT2D eigenvalue weighted by molar-refractivity contribution is 5.85. The third-order valence-electron chi connectivity index (χ3n) is 3.74. The lowest BCUT2D eigenvalue weighted by Crippen LogP contribution is -2.50. The first-order chi connectivity index (χ1) is 10.6. The Balaban J connectivity index is 1.73. The molecular weight excluding hydrogens is 282 g/mol. The number of amides is 3. The van der Waals surface area contributed by atoms with Crippen molar-refractivity contribution >= 4 is 18.2 Å². The van der Waals surface area contributed by atoms with Gasteiger partial charge in [-0.2, -0.15) is 0 Å². The van der Waals surface area contributed by atoms with Crippen LogP contribution in [0.4, 0.5) is 0 Å². The summed E-state index contributed by atoms with van der Waals surface area (Å²) in [6, 6.07) is 7.74. The summed E-state index contributed by atoms with van der Waals surface area (Å²) in [5.41, 5.74) is 2.07. The highest BCUT2D eigenvalue weighted by atomic mass is 16.2.